The maximum atomic E-state index is 11.5. The summed E-state index contributed by atoms with van der Waals surface area (Å²) in [6.07, 6.45) is 5.59. The molecule has 1 fully saturated rings. The third-order valence-corrected chi connectivity index (χ3v) is 2.38. The highest BCUT2D eigenvalue weighted by molar-refractivity contribution is 5.89. The summed E-state index contributed by atoms with van der Waals surface area (Å²) in [5.74, 6) is -0.405. The van der Waals surface area contributed by atoms with Gasteiger partial charge >= 0.3 is 6.09 Å². The van der Waals surface area contributed by atoms with E-state index < -0.39 is 6.09 Å². The van der Waals surface area contributed by atoms with Crippen LogP contribution in [0, 0.1) is 5.92 Å². The molecule has 5 nitrogen and oxygen atoms in total. The molecule has 80 valence electrons. The zero-order chi connectivity index (χ0) is 10.8. The normalized spacial score (nSPS) is 23.3. The predicted molar refractivity (Wildman–Crippen MR) is 52.3 cm³/mol. The minimum Gasteiger partial charge on any atom is -0.448 e. The van der Waals surface area contributed by atoms with E-state index >= 15 is 0 Å². The van der Waals surface area contributed by atoms with Crippen LogP contribution in [0.5, 0.6) is 0 Å². The van der Waals surface area contributed by atoms with Gasteiger partial charge in [-0.15, -0.1) is 0 Å². The molecule has 1 heterocycles. The van der Waals surface area contributed by atoms with E-state index in [-0.39, 0.29) is 11.8 Å². The first-order valence-electron chi connectivity index (χ1n) is 4.88. The second-order valence-corrected chi connectivity index (χ2v) is 3.32. The number of carbonyl (C=O) groups excluding carboxylic acids is 2. The van der Waals surface area contributed by atoms with Gasteiger partial charge in [0, 0.05) is 0 Å². The molecule has 0 radical (unpaired) electrons. The van der Waals surface area contributed by atoms with Crippen LogP contribution < -0.4 is 5.43 Å². The van der Waals surface area contributed by atoms with Gasteiger partial charge in [-0.2, -0.15) is 5.01 Å². The van der Waals surface area contributed by atoms with Crippen LogP contribution in [-0.2, 0) is 9.53 Å². The fraction of sp³-hybridized carbons (Fsp3) is 0.400. The number of hydrazine groups is 1. The molecule has 2 aliphatic rings. The molecule has 1 atom stereocenters. The molecule has 1 aliphatic carbocycles. The van der Waals surface area contributed by atoms with Gasteiger partial charge in [0.05, 0.1) is 18.2 Å². The summed E-state index contributed by atoms with van der Waals surface area (Å²) in [5, 5.41) is 1.18. The number of nitrogens with zero attached hydrogens (tertiary/aromatic N) is 1. The van der Waals surface area contributed by atoms with Gasteiger partial charge in [0.25, 0.3) is 0 Å². The Hall–Kier alpha value is -1.78. The summed E-state index contributed by atoms with van der Waals surface area (Å²) in [6, 6.07) is 0. The quantitative estimate of drug-likeness (QED) is 0.698. The van der Waals surface area contributed by atoms with Crippen molar-refractivity contribution in [2.24, 2.45) is 5.92 Å². The van der Waals surface area contributed by atoms with Crippen molar-refractivity contribution in [1.82, 2.24) is 10.4 Å². The first-order valence-corrected chi connectivity index (χ1v) is 4.88. The predicted octanol–water partition coefficient (Wildman–Crippen LogP) is 0.950. The fourth-order valence-corrected chi connectivity index (χ4v) is 1.68. The van der Waals surface area contributed by atoms with Gasteiger partial charge in [-0.25, -0.2) is 4.79 Å². The van der Waals surface area contributed by atoms with Crippen molar-refractivity contribution in [1.29, 1.82) is 0 Å². The van der Waals surface area contributed by atoms with Crippen LogP contribution in [0.4, 0.5) is 4.79 Å². The summed E-state index contributed by atoms with van der Waals surface area (Å²) in [7, 11) is 0. The largest absolute Gasteiger partial charge is 0.448 e. The lowest BCUT2D eigenvalue weighted by atomic mass is 9.98. The Labute approximate surface area is 87.3 Å². The molecule has 0 bridgehead atoms. The average molecular weight is 208 g/mol. The van der Waals surface area contributed by atoms with E-state index in [0.717, 1.165) is 0 Å². The lowest BCUT2D eigenvalue weighted by Crippen LogP contribution is -2.38. The van der Waals surface area contributed by atoms with Gasteiger partial charge in [-0.05, 0) is 19.4 Å². The first kappa shape index (κ1) is 9.76. The molecule has 15 heavy (non-hydrogen) atoms. The second-order valence-electron chi connectivity index (χ2n) is 3.32. The molecule has 0 aromatic rings. The van der Waals surface area contributed by atoms with Crippen molar-refractivity contribution in [3.8, 4) is 0 Å². The van der Waals surface area contributed by atoms with Gasteiger partial charge < -0.3 is 4.74 Å². The molecule has 0 spiro atoms. The Morgan fingerprint density at radius 3 is 3.27 bits per heavy atom. The van der Waals surface area contributed by atoms with Crippen LogP contribution in [0.15, 0.2) is 23.9 Å². The molecule has 1 saturated heterocycles. The van der Waals surface area contributed by atoms with E-state index in [4.69, 9.17) is 4.74 Å². The maximum Gasteiger partial charge on any atom is 0.433 e. The van der Waals surface area contributed by atoms with E-state index in [0.29, 0.717) is 18.7 Å². The van der Waals surface area contributed by atoms with Crippen molar-refractivity contribution < 1.29 is 14.3 Å². The Bertz CT molecular complexity index is 360. The Kier molecular flexibility index (Phi) is 2.45. The number of hydrogen-bond acceptors (Lipinski definition) is 3. The van der Waals surface area contributed by atoms with E-state index in [1.165, 1.54) is 5.01 Å². The minimum absolute atomic E-state index is 0.154. The summed E-state index contributed by atoms with van der Waals surface area (Å²) >= 11 is 0. The molecule has 0 aromatic carbocycles. The number of rotatable bonds is 1. The third kappa shape index (κ3) is 1.60. The topological polar surface area (TPSA) is 58.6 Å². The first-order chi connectivity index (χ1) is 7.24. The number of fused-ring (bicyclic) bond motifs is 1. The van der Waals surface area contributed by atoms with E-state index in [2.05, 4.69) is 5.43 Å². The highest BCUT2D eigenvalue weighted by atomic mass is 16.6. The van der Waals surface area contributed by atoms with Crippen LogP contribution in [0.25, 0.3) is 0 Å². The Balaban J connectivity index is 2.20. The zero-order valence-electron chi connectivity index (χ0n) is 8.40. The number of amides is 2. The average Bonchev–Trinajstić information content (AvgIpc) is 2.58. The zero-order valence-corrected chi connectivity index (χ0v) is 8.40. The lowest BCUT2D eigenvalue weighted by molar-refractivity contribution is -0.123. The van der Waals surface area contributed by atoms with Crippen LogP contribution in [-0.4, -0.2) is 23.6 Å². The van der Waals surface area contributed by atoms with Crippen molar-refractivity contribution in [3.05, 3.63) is 23.9 Å². The van der Waals surface area contributed by atoms with Gasteiger partial charge in [-0.1, -0.05) is 12.2 Å². The van der Waals surface area contributed by atoms with Gasteiger partial charge in [0.2, 0.25) is 5.91 Å². The fourth-order valence-electron chi connectivity index (χ4n) is 1.68. The summed E-state index contributed by atoms with van der Waals surface area (Å²) in [4.78, 5) is 23.0. The SMILES string of the molecule is CCOC(=O)N1NC(=O)C2CC=CC=C21. The molecule has 1 N–H and O–H groups in total. The maximum absolute atomic E-state index is 11.5. The van der Waals surface area contributed by atoms with E-state index in [1.807, 2.05) is 12.2 Å². The minimum atomic E-state index is -0.532. The Morgan fingerprint density at radius 1 is 1.73 bits per heavy atom. The van der Waals surface area contributed by atoms with Crippen LogP contribution in [0.1, 0.15) is 13.3 Å². The summed E-state index contributed by atoms with van der Waals surface area (Å²) in [5.41, 5.74) is 3.16. The Morgan fingerprint density at radius 2 is 2.53 bits per heavy atom. The molecular formula is C10H12N2O3. The third-order valence-electron chi connectivity index (χ3n) is 2.38. The number of ether oxygens (including phenoxy) is 1. The highest BCUT2D eigenvalue weighted by Crippen LogP contribution is 2.28. The van der Waals surface area contributed by atoms with Crippen LogP contribution in [0.3, 0.4) is 0 Å². The molecule has 2 rings (SSSR count). The number of allylic oxidation sites excluding steroid dienone is 3. The second kappa shape index (κ2) is 3.76. The number of nitrogens with one attached hydrogen (secondary N) is 1. The lowest BCUT2D eigenvalue weighted by Gasteiger charge is -2.18. The van der Waals surface area contributed by atoms with Crippen molar-refractivity contribution >= 4 is 12.0 Å². The van der Waals surface area contributed by atoms with Crippen LogP contribution in [0.2, 0.25) is 0 Å². The van der Waals surface area contributed by atoms with Gasteiger partial charge in [0.1, 0.15) is 0 Å². The standard InChI is InChI=1S/C10H12N2O3/c1-2-15-10(14)12-8-6-4-3-5-7(8)9(13)11-12/h3-4,6-7H,2,5H2,1H3,(H,11,13). The molecule has 1 aliphatic heterocycles. The van der Waals surface area contributed by atoms with E-state index in [1.54, 1.807) is 13.0 Å². The van der Waals surface area contributed by atoms with E-state index in [9.17, 15) is 9.59 Å². The molecule has 0 aromatic heterocycles. The molecule has 1 unspecified atom stereocenters. The number of carbonyl (C=O) groups is 2. The van der Waals surface area contributed by atoms with Crippen molar-refractivity contribution in [3.63, 3.8) is 0 Å². The number of hydrogen-bond donors (Lipinski definition) is 1. The van der Waals surface area contributed by atoms with Crippen molar-refractivity contribution in [2.45, 2.75) is 13.3 Å². The van der Waals surface area contributed by atoms with Crippen LogP contribution >= 0.6 is 0 Å². The van der Waals surface area contributed by atoms with Gasteiger partial charge in [0.15, 0.2) is 0 Å². The molecule has 5 heteroatoms. The summed E-state index contributed by atoms with van der Waals surface area (Å²) < 4.78 is 4.83. The van der Waals surface area contributed by atoms with Gasteiger partial charge in [-0.3, -0.25) is 10.2 Å². The smallest absolute Gasteiger partial charge is 0.433 e. The van der Waals surface area contributed by atoms with Crippen molar-refractivity contribution in [2.75, 3.05) is 6.61 Å². The summed E-state index contributed by atoms with van der Waals surface area (Å²) in [6.45, 7) is 2.02. The molecule has 0 saturated carbocycles. The monoisotopic (exact) mass is 208 g/mol. The molecule has 2 amide bonds. The molecular weight excluding hydrogens is 196 g/mol. The highest BCUT2D eigenvalue weighted by Gasteiger charge is 2.39.